The third-order valence-corrected chi connectivity index (χ3v) is 5.73. The predicted octanol–water partition coefficient (Wildman–Crippen LogP) is 1.98. The number of piperidine rings is 1. The number of rotatable bonds is 4. The largest absolute Gasteiger partial charge is 0.478 e. The van der Waals surface area contributed by atoms with Gasteiger partial charge < -0.3 is 5.11 Å². The van der Waals surface area contributed by atoms with Crippen LogP contribution < -0.4 is 0 Å². The maximum Gasteiger partial charge on any atom is 0.336 e. The smallest absolute Gasteiger partial charge is 0.336 e. The molecule has 132 valence electrons. The van der Waals surface area contributed by atoms with Crippen molar-refractivity contribution in [3.8, 4) is 11.3 Å². The van der Waals surface area contributed by atoms with E-state index < -0.39 is 16.0 Å². The molecule has 1 fully saturated rings. The van der Waals surface area contributed by atoms with Gasteiger partial charge in [-0.05, 0) is 18.9 Å². The van der Waals surface area contributed by atoms with Gasteiger partial charge in [0.1, 0.15) is 0 Å². The van der Waals surface area contributed by atoms with Crippen LogP contribution in [-0.2, 0) is 10.0 Å². The molecule has 0 aliphatic carbocycles. The highest BCUT2D eigenvalue weighted by Crippen LogP contribution is 2.29. The molecule has 2 heterocycles. The minimum absolute atomic E-state index is 0.113. The van der Waals surface area contributed by atoms with Gasteiger partial charge in [0, 0.05) is 30.8 Å². The fourth-order valence-corrected chi connectivity index (χ4v) is 3.96. The van der Waals surface area contributed by atoms with Crippen LogP contribution in [0, 0.1) is 0 Å². The number of nitrogens with zero attached hydrogens (tertiary/aromatic N) is 3. The third-order valence-electron chi connectivity index (χ3n) is 4.43. The van der Waals surface area contributed by atoms with Crippen LogP contribution >= 0.6 is 0 Å². The zero-order valence-corrected chi connectivity index (χ0v) is 14.6. The quantitative estimate of drug-likeness (QED) is 0.894. The Morgan fingerprint density at radius 1 is 1.20 bits per heavy atom. The Balaban J connectivity index is 1.85. The monoisotopic (exact) mass is 361 g/mol. The molecule has 8 heteroatoms. The van der Waals surface area contributed by atoms with Crippen molar-refractivity contribution in [3.05, 3.63) is 47.9 Å². The highest BCUT2D eigenvalue weighted by molar-refractivity contribution is 7.88. The van der Waals surface area contributed by atoms with E-state index in [2.05, 4.69) is 9.97 Å². The fourth-order valence-electron chi connectivity index (χ4n) is 3.08. The van der Waals surface area contributed by atoms with Crippen molar-refractivity contribution in [3.63, 3.8) is 0 Å². The fraction of sp³-hybridized carbons (Fsp3) is 0.353. The maximum absolute atomic E-state index is 11.6. The van der Waals surface area contributed by atoms with Gasteiger partial charge in [-0.3, -0.25) is 4.98 Å². The second-order valence-electron chi connectivity index (χ2n) is 6.12. The molecule has 3 rings (SSSR count). The first-order valence-corrected chi connectivity index (χ1v) is 9.81. The zero-order valence-electron chi connectivity index (χ0n) is 13.8. The van der Waals surface area contributed by atoms with Gasteiger partial charge in [0.2, 0.25) is 10.0 Å². The van der Waals surface area contributed by atoms with Crippen molar-refractivity contribution in [1.29, 1.82) is 0 Å². The van der Waals surface area contributed by atoms with Crippen molar-refractivity contribution in [2.24, 2.45) is 0 Å². The number of carbonyl (C=O) groups is 1. The number of aromatic carboxylic acids is 1. The Kier molecular flexibility index (Phi) is 4.82. The molecular weight excluding hydrogens is 342 g/mol. The van der Waals surface area contributed by atoms with E-state index in [4.69, 9.17) is 0 Å². The normalized spacial score (nSPS) is 16.7. The molecule has 0 amide bonds. The Labute approximate surface area is 146 Å². The van der Waals surface area contributed by atoms with Gasteiger partial charge in [0.05, 0.1) is 29.4 Å². The van der Waals surface area contributed by atoms with E-state index in [9.17, 15) is 18.3 Å². The van der Waals surface area contributed by atoms with Gasteiger partial charge >= 0.3 is 5.97 Å². The lowest BCUT2D eigenvalue weighted by Crippen LogP contribution is -2.37. The summed E-state index contributed by atoms with van der Waals surface area (Å²) in [6, 6.07) is 6.69. The zero-order chi connectivity index (χ0) is 18.0. The second-order valence-corrected chi connectivity index (χ2v) is 8.10. The van der Waals surface area contributed by atoms with E-state index in [1.165, 1.54) is 16.6 Å². The van der Waals surface area contributed by atoms with Crippen molar-refractivity contribution in [1.82, 2.24) is 14.3 Å². The van der Waals surface area contributed by atoms with E-state index in [1.54, 1.807) is 30.6 Å². The minimum Gasteiger partial charge on any atom is -0.478 e. The molecule has 7 nitrogen and oxygen atoms in total. The number of aromatic nitrogens is 2. The summed E-state index contributed by atoms with van der Waals surface area (Å²) in [5.74, 6) is -0.897. The van der Waals surface area contributed by atoms with Crippen LogP contribution in [0.1, 0.15) is 34.8 Å². The summed E-state index contributed by atoms with van der Waals surface area (Å²) >= 11 is 0. The maximum atomic E-state index is 11.6. The highest BCUT2D eigenvalue weighted by atomic mass is 32.2. The molecule has 0 atom stereocenters. The van der Waals surface area contributed by atoms with E-state index in [-0.39, 0.29) is 11.5 Å². The van der Waals surface area contributed by atoms with Crippen molar-refractivity contribution < 1.29 is 18.3 Å². The van der Waals surface area contributed by atoms with Crippen molar-refractivity contribution in [2.75, 3.05) is 19.3 Å². The number of carboxylic acid groups (broad SMARTS) is 1. The Morgan fingerprint density at radius 3 is 2.52 bits per heavy atom. The van der Waals surface area contributed by atoms with Crippen LogP contribution in [0.2, 0.25) is 0 Å². The van der Waals surface area contributed by atoms with Crippen molar-refractivity contribution in [2.45, 2.75) is 18.8 Å². The van der Waals surface area contributed by atoms with Gasteiger partial charge in [-0.1, -0.05) is 18.2 Å². The lowest BCUT2D eigenvalue weighted by molar-refractivity contribution is 0.0697. The molecule has 0 unspecified atom stereocenters. The number of hydrogen-bond donors (Lipinski definition) is 1. The van der Waals surface area contributed by atoms with E-state index in [0.29, 0.717) is 37.2 Å². The van der Waals surface area contributed by atoms with Crippen LogP contribution in [0.15, 0.2) is 36.7 Å². The summed E-state index contributed by atoms with van der Waals surface area (Å²) in [5.41, 5.74) is 1.99. The molecule has 0 spiro atoms. The standard InChI is InChI=1S/C17H19N3O4S/c1-25(23,24)20-8-6-12(7-9-20)15-10-18-11-16(19-15)13-4-2-3-5-14(13)17(21)22/h2-5,10-12H,6-9H2,1H3,(H,21,22). The minimum atomic E-state index is -3.17. The second kappa shape index (κ2) is 6.89. The van der Waals surface area contributed by atoms with Gasteiger partial charge in [0.25, 0.3) is 0 Å². The molecule has 1 aliphatic heterocycles. The van der Waals surface area contributed by atoms with Crippen molar-refractivity contribution >= 4 is 16.0 Å². The molecule has 1 aliphatic rings. The van der Waals surface area contributed by atoms with Gasteiger partial charge in [-0.25, -0.2) is 22.5 Å². The summed E-state index contributed by atoms with van der Waals surface area (Å²) < 4.78 is 24.7. The summed E-state index contributed by atoms with van der Waals surface area (Å²) in [6.45, 7) is 0.919. The average Bonchev–Trinajstić information content (AvgIpc) is 2.61. The first-order chi connectivity index (χ1) is 11.9. The van der Waals surface area contributed by atoms with Crippen LogP contribution in [0.25, 0.3) is 11.3 Å². The summed E-state index contributed by atoms with van der Waals surface area (Å²) in [4.78, 5) is 20.2. The molecule has 1 aromatic carbocycles. The van der Waals surface area contributed by atoms with Crippen LogP contribution in [0.5, 0.6) is 0 Å². The first kappa shape index (κ1) is 17.5. The molecule has 1 saturated heterocycles. The topological polar surface area (TPSA) is 100 Å². The third kappa shape index (κ3) is 3.85. The van der Waals surface area contributed by atoms with Gasteiger partial charge in [-0.2, -0.15) is 0 Å². The molecule has 0 saturated carbocycles. The lowest BCUT2D eigenvalue weighted by atomic mass is 9.94. The van der Waals surface area contributed by atoms with Crippen LogP contribution in [0.4, 0.5) is 0 Å². The lowest BCUT2D eigenvalue weighted by Gasteiger charge is -2.29. The number of sulfonamides is 1. The number of hydrogen-bond acceptors (Lipinski definition) is 5. The average molecular weight is 361 g/mol. The Morgan fingerprint density at radius 2 is 1.88 bits per heavy atom. The summed E-state index contributed by atoms with van der Waals surface area (Å²) in [6.07, 6.45) is 5.79. The predicted molar refractivity (Wildman–Crippen MR) is 92.8 cm³/mol. The molecule has 25 heavy (non-hydrogen) atoms. The first-order valence-electron chi connectivity index (χ1n) is 7.96. The Hall–Kier alpha value is -2.32. The van der Waals surface area contributed by atoms with Gasteiger partial charge in [-0.15, -0.1) is 0 Å². The molecule has 0 bridgehead atoms. The number of carboxylic acids is 1. The van der Waals surface area contributed by atoms with E-state index in [0.717, 1.165) is 5.69 Å². The molecule has 2 aromatic rings. The van der Waals surface area contributed by atoms with Crippen LogP contribution in [-0.4, -0.2) is 53.1 Å². The number of benzene rings is 1. The molecule has 0 radical (unpaired) electrons. The summed E-state index contributed by atoms with van der Waals surface area (Å²) in [5, 5.41) is 9.34. The van der Waals surface area contributed by atoms with E-state index in [1.807, 2.05) is 0 Å². The van der Waals surface area contributed by atoms with Gasteiger partial charge in [0.15, 0.2) is 0 Å². The highest BCUT2D eigenvalue weighted by Gasteiger charge is 2.27. The Bertz CT molecular complexity index is 890. The molecule has 1 N–H and O–H groups in total. The molecular formula is C17H19N3O4S. The van der Waals surface area contributed by atoms with Crippen LogP contribution in [0.3, 0.4) is 0 Å². The SMILES string of the molecule is CS(=O)(=O)N1CCC(c2cncc(-c3ccccc3C(=O)O)n2)CC1. The molecule has 1 aromatic heterocycles. The van der Waals surface area contributed by atoms with E-state index >= 15 is 0 Å². The summed E-state index contributed by atoms with van der Waals surface area (Å²) in [7, 11) is -3.17.